The van der Waals surface area contributed by atoms with E-state index in [0.29, 0.717) is 0 Å². The molecule has 1 aliphatic rings. The van der Waals surface area contributed by atoms with E-state index in [0.717, 1.165) is 0 Å². The van der Waals surface area contributed by atoms with Crippen LogP contribution >= 0.6 is 0 Å². The molecule has 1 atom stereocenters. The van der Waals surface area contributed by atoms with Crippen LogP contribution in [-0.2, 0) is 9.31 Å². The average molecular weight is 296 g/mol. The van der Waals surface area contributed by atoms with Crippen molar-refractivity contribution in [2.24, 2.45) is 0 Å². The molecule has 0 N–H and O–H groups in total. The first kappa shape index (κ1) is 15.6. The molecule has 0 aromatic heterocycles. The molecule has 1 heterocycles. The molecule has 1 aliphatic heterocycles. The lowest BCUT2D eigenvalue weighted by molar-refractivity contribution is 0.00578. The van der Waals surface area contributed by atoms with E-state index in [1.165, 1.54) is 21.9 Å². The number of hydrogen-bond acceptors (Lipinski definition) is 2. The molecule has 1 saturated heterocycles. The molecule has 0 radical (unpaired) electrons. The van der Waals surface area contributed by atoms with Gasteiger partial charge in [-0.3, -0.25) is 0 Å². The van der Waals surface area contributed by atoms with Crippen molar-refractivity contribution in [2.45, 2.75) is 58.6 Å². The monoisotopic (exact) mass is 296 g/mol. The van der Waals surface area contributed by atoms with Crippen LogP contribution in [0.3, 0.4) is 0 Å². The lowest BCUT2D eigenvalue weighted by atomic mass is 9.69. The van der Waals surface area contributed by atoms with E-state index in [2.05, 4.69) is 77.9 Å². The number of fused-ring (bicyclic) bond motifs is 1. The van der Waals surface area contributed by atoms with E-state index in [1.807, 2.05) is 0 Å². The van der Waals surface area contributed by atoms with Crippen molar-refractivity contribution in [3.63, 3.8) is 0 Å². The standard InChI is InChI=1S/C19H25BO2/c1-13-7-8-17-12-15(9-10-16(17)11-13)14(2)20-21-18(3,4)19(5,6)22-20/h7-12,14H,1-6H3. The summed E-state index contributed by atoms with van der Waals surface area (Å²) in [6.07, 6.45) is 0. The second-order valence-electron chi connectivity index (χ2n) is 7.52. The maximum absolute atomic E-state index is 6.19. The Morgan fingerprint density at radius 2 is 1.41 bits per heavy atom. The fourth-order valence-corrected chi connectivity index (χ4v) is 2.92. The smallest absolute Gasteiger partial charge is 0.403 e. The molecule has 3 heteroatoms. The third-order valence-corrected chi connectivity index (χ3v) is 5.23. The Bertz CT molecular complexity index is 690. The molecule has 116 valence electrons. The minimum Gasteiger partial charge on any atom is -0.403 e. The summed E-state index contributed by atoms with van der Waals surface area (Å²) in [6.45, 7) is 12.7. The largest absolute Gasteiger partial charge is 0.465 e. The highest BCUT2D eigenvalue weighted by Gasteiger charge is 2.52. The van der Waals surface area contributed by atoms with E-state index < -0.39 is 0 Å². The molecule has 1 fully saturated rings. The summed E-state index contributed by atoms with van der Waals surface area (Å²) in [6, 6.07) is 13.2. The van der Waals surface area contributed by atoms with Crippen molar-refractivity contribution in [1.82, 2.24) is 0 Å². The summed E-state index contributed by atoms with van der Waals surface area (Å²) in [7, 11) is -0.201. The molecule has 1 unspecified atom stereocenters. The van der Waals surface area contributed by atoms with Gasteiger partial charge in [-0.1, -0.05) is 48.9 Å². The Labute approximate surface area is 134 Å². The molecular weight excluding hydrogens is 271 g/mol. The highest BCUT2D eigenvalue weighted by Crippen LogP contribution is 2.40. The van der Waals surface area contributed by atoms with Gasteiger partial charge in [0.05, 0.1) is 11.2 Å². The molecule has 22 heavy (non-hydrogen) atoms. The van der Waals surface area contributed by atoms with Crippen LogP contribution in [0.5, 0.6) is 0 Å². The van der Waals surface area contributed by atoms with Crippen LogP contribution in [-0.4, -0.2) is 18.3 Å². The van der Waals surface area contributed by atoms with Gasteiger partial charge in [0.1, 0.15) is 0 Å². The lowest BCUT2D eigenvalue weighted by Gasteiger charge is -2.32. The minimum atomic E-state index is -0.278. The molecule has 0 bridgehead atoms. The van der Waals surface area contributed by atoms with Gasteiger partial charge in [-0.25, -0.2) is 0 Å². The first-order valence-corrected chi connectivity index (χ1v) is 8.06. The van der Waals surface area contributed by atoms with Crippen LogP contribution in [0.15, 0.2) is 36.4 Å². The van der Waals surface area contributed by atoms with Crippen molar-refractivity contribution in [3.8, 4) is 0 Å². The van der Waals surface area contributed by atoms with Crippen LogP contribution < -0.4 is 0 Å². The maximum atomic E-state index is 6.19. The minimum absolute atomic E-state index is 0.201. The second-order valence-corrected chi connectivity index (χ2v) is 7.52. The Morgan fingerprint density at radius 1 is 0.864 bits per heavy atom. The molecule has 2 aromatic carbocycles. The Balaban J connectivity index is 1.90. The Hall–Kier alpha value is -1.32. The SMILES string of the molecule is Cc1ccc2cc(C(C)B3OC(C)(C)C(C)(C)O3)ccc2c1. The van der Waals surface area contributed by atoms with Crippen LogP contribution in [0, 0.1) is 6.92 Å². The van der Waals surface area contributed by atoms with Gasteiger partial charge in [-0.2, -0.15) is 0 Å². The summed E-state index contributed by atoms with van der Waals surface area (Å²) in [5.41, 5.74) is 1.99. The highest BCUT2D eigenvalue weighted by atomic mass is 16.7. The first-order chi connectivity index (χ1) is 10.2. The number of benzene rings is 2. The molecular formula is C19H25BO2. The number of hydrogen-bond donors (Lipinski definition) is 0. The molecule has 2 aromatic rings. The normalized spacial score (nSPS) is 21.3. The quantitative estimate of drug-likeness (QED) is 0.735. The van der Waals surface area contributed by atoms with Crippen molar-refractivity contribution in [2.75, 3.05) is 0 Å². The summed E-state index contributed by atoms with van der Waals surface area (Å²) >= 11 is 0. The molecule has 0 spiro atoms. The summed E-state index contributed by atoms with van der Waals surface area (Å²) in [5.74, 6) is 0.201. The zero-order valence-electron chi connectivity index (χ0n) is 14.4. The van der Waals surface area contributed by atoms with Crippen LogP contribution in [0.1, 0.15) is 51.6 Å². The zero-order valence-corrected chi connectivity index (χ0v) is 14.4. The molecule has 0 saturated carbocycles. The fraction of sp³-hybridized carbons (Fsp3) is 0.474. The Morgan fingerprint density at radius 3 is 2.05 bits per heavy atom. The van der Waals surface area contributed by atoms with Gasteiger partial charge in [0.2, 0.25) is 0 Å². The van der Waals surface area contributed by atoms with Gasteiger partial charge in [-0.15, -0.1) is 0 Å². The van der Waals surface area contributed by atoms with E-state index in [1.54, 1.807) is 0 Å². The van der Waals surface area contributed by atoms with E-state index in [4.69, 9.17) is 9.31 Å². The van der Waals surface area contributed by atoms with Gasteiger partial charge in [-0.05, 0) is 51.0 Å². The molecule has 2 nitrogen and oxygen atoms in total. The van der Waals surface area contributed by atoms with Crippen LogP contribution in [0.2, 0.25) is 0 Å². The highest BCUT2D eigenvalue weighted by molar-refractivity contribution is 6.47. The number of aryl methyl sites for hydroxylation is 1. The first-order valence-electron chi connectivity index (χ1n) is 8.06. The van der Waals surface area contributed by atoms with Crippen LogP contribution in [0.4, 0.5) is 0 Å². The summed E-state index contributed by atoms with van der Waals surface area (Å²) in [5, 5.41) is 2.55. The summed E-state index contributed by atoms with van der Waals surface area (Å²) in [4.78, 5) is 0. The predicted molar refractivity (Wildman–Crippen MR) is 93.2 cm³/mol. The molecule has 3 rings (SSSR count). The van der Waals surface area contributed by atoms with E-state index in [9.17, 15) is 0 Å². The third-order valence-electron chi connectivity index (χ3n) is 5.23. The fourth-order valence-electron chi connectivity index (χ4n) is 2.92. The molecule has 0 aliphatic carbocycles. The number of rotatable bonds is 2. The third kappa shape index (κ3) is 2.57. The van der Waals surface area contributed by atoms with Crippen LogP contribution in [0.25, 0.3) is 10.8 Å². The predicted octanol–water partition coefficient (Wildman–Crippen LogP) is 4.88. The van der Waals surface area contributed by atoms with E-state index >= 15 is 0 Å². The van der Waals surface area contributed by atoms with E-state index in [-0.39, 0.29) is 24.1 Å². The maximum Gasteiger partial charge on any atom is 0.465 e. The van der Waals surface area contributed by atoms with Gasteiger partial charge in [0.15, 0.2) is 0 Å². The lowest BCUT2D eigenvalue weighted by Crippen LogP contribution is -2.41. The van der Waals surface area contributed by atoms with Crippen molar-refractivity contribution in [1.29, 1.82) is 0 Å². The second kappa shape index (κ2) is 5.11. The van der Waals surface area contributed by atoms with Crippen molar-refractivity contribution >= 4 is 17.9 Å². The van der Waals surface area contributed by atoms with Gasteiger partial charge in [0, 0.05) is 5.82 Å². The average Bonchev–Trinajstić information content (AvgIpc) is 2.66. The van der Waals surface area contributed by atoms with Gasteiger partial charge < -0.3 is 9.31 Å². The Kier molecular flexibility index (Phi) is 3.62. The summed E-state index contributed by atoms with van der Waals surface area (Å²) < 4.78 is 12.4. The molecule has 0 amide bonds. The van der Waals surface area contributed by atoms with Gasteiger partial charge in [0.25, 0.3) is 0 Å². The van der Waals surface area contributed by atoms with Crippen molar-refractivity contribution < 1.29 is 9.31 Å². The topological polar surface area (TPSA) is 18.5 Å². The van der Waals surface area contributed by atoms with Crippen molar-refractivity contribution in [3.05, 3.63) is 47.5 Å². The van der Waals surface area contributed by atoms with Gasteiger partial charge >= 0.3 is 7.12 Å². The zero-order chi connectivity index (χ0) is 16.1.